The maximum atomic E-state index is 5.38. The van der Waals surface area contributed by atoms with Crippen LogP contribution in [0.5, 0.6) is 11.5 Å². The minimum atomic E-state index is 0.876. The largest absolute Gasteiger partial charge is 0.497 e. The molecule has 116 valence electrons. The van der Waals surface area contributed by atoms with E-state index in [-0.39, 0.29) is 0 Å². The van der Waals surface area contributed by atoms with E-state index in [9.17, 15) is 0 Å². The summed E-state index contributed by atoms with van der Waals surface area (Å²) in [6.45, 7) is 2.18. The first-order chi connectivity index (χ1) is 10.7. The Kier molecular flexibility index (Phi) is 5.96. The molecule has 0 fully saturated rings. The monoisotopic (exact) mass is 314 g/mol. The topological polar surface area (TPSA) is 18.5 Å². The van der Waals surface area contributed by atoms with Gasteiger partial charge in [-0.2, -0.15) is 0 Å². The fraction of sp³-hybridized carbons (Fsp3) is 0.263. The second kappa shape index (κ2) is 7.95. The van der Waals surface area contributed by atoms with Crippen molar-refractivity contribution < 1.29 is 9.47 Å². The molecule has 2 nitrogen and oxygen atoms in total. The van der Waals surface area contributed by atoms with Gasteiger partial charge in [0.15, 0.2) is 0 Å². The van der Waals surface area contributed by atoms with Gasteiger partial charge in [-0.05, 0) is 59.7 Å². The van der Waals surface area contributed by atoms with Gasteiger partial charge >= 0.3 is 0 Å². The normalized spacial score (nSPS) is 11.4. The molecule has 0 bridgehead atoms. The fourth-order valence-electron chi connectivity index (χ4n) is 2.34. The van der Waals surface area contributed by atoms with E-state index in [0.717, 1.165) is 17.9 Å². The number of hydrogen-bond donors (Lipinski definition) is 0. The smallest absolute Gasteiger partial charge is 0.119 e. The standard InChI is InChI=1S/C19H22O2S/c1-5-15(12-14-6-8-16(20-2)9-7-14)18-13-17(21-3)10-11-19(18)22-4/h6-13H,5H2,1-4H3. The van der Waals surface area contributed by atoms with Crippen molar-refractivity contribution in [2.24, 2.45) is 0 Å². The predicted octanol–water partition coefficient (Wildman–Crippen LogP) is 5.38. The average molecular weight is 314 g/mol. The van der Waals surface area contributed by atoms with E-state index in [1.165, 1.54) is 21.6 Å². The van der Waals surface area contributed by atoms with Crippen LogP contribution in [0.3, 0.4) is 0 Å². The van der Waals surface area contributed by atoms with Gasteiger partial charge in [0.2, 0.25) is 0 Å². The lowest BCUT2D eigenvalue weighted by Crippen LogP contribution is -1.91. The second-order valence-electron chi connectivity index (χ2n) is 4.86. The highest BCUT2D eigenvalue weighted by molar-refractivity contribution is 7.98. The Morgan fingerprint density at radius 3 is 2.18 bits per heavy atom. The third-order valence-corrected chi connectivity index (χ3v) is 4.39. The molecule has 2 aromatic carbocycles. The van der Waals surface area contributed by atoms with Crippen LogP contribution in [0.2, 0.25) is 0 Å². The van der Waals surface area contributed by atoms with E-state index in [1.54, 1.807) is 26.0 Å². The Labute approximate surface area is 137 Å². The van der Waals surface area contributed by atoms with E-state index in [1.807, 2.05) is 18.2 Å². The molecule has 0 amide bonds. The lowest BCUT2D eigenvalue weighted by atomic mass is 10.00. The summed E-state index contributed by atoms with van der Waals surface area (Å²) in [7, 11) is 3.39. The van der Waals surface area contributed by atoms with Gasteiger partial charge in [0.25, 0.3) is 0 Å². The number of hydrogen-bond acceptors (Lipinski definition) is 3. The van der Waals surface area contributed by atoms with Crippen LogP contribution in [0, 0.1) is 0 Å². The molecule has 0 unspecified atom stereocenters. The summed E-state index contributed by atoms with van der Waals surface area (Å²) in [5.74, 6) is 1.77. The summed E-state index contributed by atoms with van der Waals surface area (Å²) in [4.78, 5) is 1.27. The van der Waals surface area contributed by atoms with Crippen LogP contribution in [0.1, 0.15) is 24.5 Å². The molecule has 22 heavy (non-hydrogen) atoms. The number of allylic oxidation sites excluding steroid dienone is 1. The molecular formula is C19H22O2S. The van der Waals surface area contributed by atoms with E-state index in [2.05, 4.69) is 43.5 Å². The Morgan fingerprint density at radius 2 is 1.64 bits per heavy atom. The van der Waals surface area contributed by atoms with Crippen molar-refractivity contribution in [1.82, 2.24) is 0 Å². The number of benzene rings is 2. The highest BCUT2D eigenvalue weighted by Gasteiger charge is 2.08. The highest BCUT2D eigenvalue weighted by atomic mass is 32.2. The average Bonchev–Trinajstić information content (AvgIpc) is 2.59. The number of methoxy groups -OCH3 is 2. The van der Waals surface area contributed by atoms with Crippen molar-refractivity contribution in [3.8, 4) is 11.5 Å². The third-order valence-electron chi connectivity index (χ3n) is 3.59. The van der Waals surface area contributed by atoms with Crippen LogP contribution in [0.15, 0.2) is 47.4 Å². The lowest BCUT2D eigenvalue weighted by molar-refractivity contribution is 0.414. The summed E-state index contributed by atoms with van der Waals surface area (Å²) in [6, 6.07) is 14.4. The van der Waals surface area contributed by atoms with Gasteiger partial charge in [0.1, 0.15) is 11.5 Å². The third kappa shape index (κ3) is 3.86. The molecule has 0 aliphatic rings. The van der Waals surface area contributed by atoms with Crippen molar-refractivity contribution in [1.29, 1.82) is 0 Å². The molecule has 0 saturated carbocycles. The molecule has 0 atom stereocenters. The van der Waals surface area contributed by atoms with Gasteiger partial charge < -0.3 is 9.47 Å². The molecule has 0 aromatic heterocycles. The molecule has 0 radical (unpaired) electrons. The van der Waals surface area contributed by atoms with Crippen LogP contribution in [0.25, 0.3) is 11.6 Å². The summed E-state index contributed by atoms with van der Waals surface area (Å²) in [6.07, 6.45) is 5.30. The summed E-state index contributed by atoms with van der Waals surface area (Å²) in [5, 5.41) is 0. The number of thioether (sulfide) groups is 1. The minimum absolute atomic E-state index is 0.876. The van der Waals surface area contributed by atoms with Gasteiger partial charge in [-0.25, -0.2) is 0 Å². The van der Waals surface area contributed by atoms with Gasteiger partial charge in [-0.3, -0.25) is 0 Å². The first-order valence-electron chi connectivity index (χ1n) is 7.28. The zero-order valence-electron chi connectivity index (χ0n) is 13.6. The van der Waals surface area contributed by atoms with Crippen molar-refractivity contribution in [3.63, 3.8) is 0 Å². The molecule has 0 N–H and O–H groups in total. The van der Waals surface area contributed by atoms with Gasteiger partial charge in [-0.1, -0.05) is 25.1 Å². The predicted molar refractivity (Wildman–Crippen MR) is 95.9 cm³/mol. The number of ether oxygens (including phenoxy) is 2. The number of rotatable bonds is 6. The molecule has 3 heteroatoms. The van der Waals surface area contributed by atoms with Crippen LogP contribution < -0.4 is 9.47 Å². The van der Waals surface area contributed by atoms with E-state index >= 15 is 0 Å². The molecule has 2 rings (SSSR count). The second-order valence-corrected chi connectivity index (χ2v) is 5.71. The Hall–Kier alpha value is -1.87. The van der Waals surface area contributed by atoms with Crippen LogP contribution in [-0.4, -0.2) is 20.5 Å². The zero-order chi connectivity index (χ0) is 15.9. The van der Waals surface area contributed by atoms with Crippen molar-refractivity contribution in [2.75, 3.05) is 20.5 Å². The van der Waals surface area contributed by atoms with Gasteiger partial charge in [0, 0.05) is 4.90 Å². The Morgan fingerprint density at radius 1 is 1.00 bits per heavy atom. The van der Waals surface area contributed by atoms with Crippen LogP contribution in [-0.2, 0) is 0 Å². The molecule has 0 aliphatic heterocycles. The Balaban J connectivity index is 2.43. The summed E-state index contributed by atoms with van der Waals surface area (Å²) < 4.78 is 10.6. The minimum Gasteiger partial charge on any atom is -0.497 e. The zero-order valence-corrected chi connectivity index (χ0v) is 14.4. The molecule has 0 spiro atoms. The van der Waals surface area contributed by atoms with Crippen molar-refractivity contribution in [3.05, 3.63) is 53.6 Å². The van der Waals surface area contributed by atoms with Gasteiger partial charge in [0.05, 0.1) is 14.2 Å². The van der Waals surface area contributed by atoms with E-state index in [4.69, 9.17) is 9.47 Å². The van der Waals surface area contributed by atoms with Gasteiger partial charge in [-0.15, -0.1) is 11.8 Å². The first-order valence-corrected chi connectivity index (χ1v) is 8.51. The molecule has 2 aromatic rings. The van der Waals surface area contributed by atoms with Crippen molar-refractivity contribution in [2.45, 2.75) is 18.2 Å². The van der Waals surface area contributed by atoms with Crippen molar-refractivity contribution >= 4 is 23.4 Å². The lowest BCUT2D eigenvalue weighted by Gasteiger charge is -2.12. The highest BCUT2D eigenvalue weighted by Crippen LogP contribution is 2.33. The van der Waals surface area contributed by atoms with E-state index < -0.39 is 0 Å². The SMILES string of the molecule is CCC(=Cc1ccc(OC)cc1)c1cc(OC)ccc1SC. The first kappa shape index (κ1) is 16.5. The molecule has 0 aliphatic carbocycles. The summed E-state index contributed by atoms with van der Waals surface area (Å²) in [5.41, 5.74) is 3.71. The Bertz CT molecular complexity index is 645. The van der Waals surface area contributed by atoms with Crippen LogP contribution in [0.4, 0.5) is 0 Å². The maximum Gasteiger partial charge on any atom is 0.119 e. The molecule has 0 saturated heterocycles. The molecular weight excluding hydrogens is 292 g/mol. The molecule has 0 heterocycles. The fourth-order valence-corrected chi connectivity index (χ4v) is 2.95. The van der Waals surface area contributed by atoms with E-state index in [0.29, 0.717) is 0 Å². The van der Waals surface area contributed by atoms with Crippen LogP contribution >= 0.6 is 11.8 Å². The maximum absolute atomic E-state index is 5.38. The quantitative estimate of drug-likeness (QED) is 0.527. The summed E-state index contributed by atoms with van der Waals surface area (Å²) >= 11 is 1.76.